The van der Waals surface area contributed by atoms with E-state index in [-0.39, 0.29) is 12.5 Å². The zero-order valence-electron chi connectivity index (χ0n) is 13.2. The molecule has 0 radical (unpaired) electrons. The van der Waals surface area contributed by atoms with Crippen molar-refractivity contribution in [1.29, 1.82) is 0 Å². The minimum absolute atomic E-state index is 0.120. The molecule has 5 heteroatoms. The number of likely N-dealkylation sites (N-methyl/N-ethyl adjacent to an activating group) is 1. The lowest BCUT2D eigenvalue weighted by Gasteiger charge is -2.26. The zero-order chi connectivity index (χ0) is 16.0. The molecular formula is C16H24N2O3. The van der Waals surface area contributed by atoms with E-state index in [9.17, 15) is 9.59 Å². The summed E-state index contributed by atoms with van der Waals surface area (Å²) in [6, 6.07) is 7.34. The van der Waals surface area contributed by atoms with Gasteiger partial charge in [-0.05, 0) is 33.2 Å². The third kappa shape index (κ3) is 5.55. The van der Waals surface area contributed by atoms with Crippen molar-refractivity contribution >= 4 is 11.9 Å². The van der Waals surface area contributed by atoms with Gasteiger partial charge in [-0.2, -0.15) is 0 Å². The molecule has 116 valence electrons. The summed E-state index contributed by atoms with van der Waals surface area (Å²) in [5.74, 6) is -1.59. The van der Waals surface area contributed by atoms with Gasteiger partial charge in [-0.25, -0.2) is 0 Å². The molecule has 5 nitrogen and oxygen atoms in total. The molecule has 0 fully saturated rings. The van der Waals surface area contributed by atoms with Crippen LogP contribution in [-0.4, -0.2) is 60.5 Å². The van der Waals surface area contributed by atoms with Crippen molar-refractivity contribution in [3.8, 4) is 0 Å². The highest BCUT2D eigenvalue weighted by Crippen LogP contribution is 2.10. The number of carboxylic acids is 1. The molecule has 1 atom stereocenters. The van der Waals surface area contributed by atoms with E-state index in [0.29, 0.717) is 18.7 Å². The van der Waals surface area contributed by atoms with E-state index in [1.54, 1.807) is 24.0 Å². The number of aryl methyl sites for hydroxylation is 1. The van der Waals surface area contributed by atoms with Crippen molar-refractivity contribution in [3.63, 3.8) is 0 Å². The maximum Gasteiger partial charge on any atom is 0.308 e. The minimum atomic E-state index is -0.887. The lowest BCUT2D eigenvalue weighted by molar-refractivity contribution is -0.141. The molecule has 1 unspecified atom stereocenters. The van der Waals surface area contributed by atoms with Crippen LogP contribution in [0.5, 0.6) is 0 Å². The summed E-state index contributed by atoms with van der Waals surface area (Å²) in [6.07, 6.45) is 0. The fourth-order valence-corrected chi connectivity index (χ4v) is 1.88. The van der Waals surface area contributed by atoms with Crippen molar-refractivity contribution in [2.45, 2.75) is 13.8 Å². The van der Waals surface area contributed by atoms with Crippen LogP contribution >= 0.6 is 0 Å². The van der Waals surface area contributed by atoms with Crippen molar-refractivity contribution in [2.75, 3.05) is 33.7 Å². The average Bonchev–Trinajstić information content (AvgIpc) is 2.42. The smallest absolute Gasteiger partial charge is 0.308 e. The standard InChI is InChI=1S/C16H24N2O3/c1-12-5-7-14(8-6-12)15(19)18(10-9-17(3)4)11-13(2)16(20)21/h5-8,13H,9-11H2,1-4H3,(H,20,21). The Balaban J connectivity index is 2.85. The SMILES string of the molecule is Cc1ccc(C(=O)N(CCN(C)C)CC(C)C(=O)O)cc1. The number of carbonyl (C=O) groups excluding carboxylic acids is 1. The number of amides is 1. The Bertz CT molecular complexity index is 483. The molecule has 1 aromatic rings. The number of carboxylic acid groups (broad SMARTS) is 1. The van der Waals surface area contributed by atoms with E-state index in [1.165, 1.54) is 0 Å². The molecule has 0 aliphatic carbocycles. The fourth-order valence-electron chi connectivity index (χ4n) is 1.88. The van der Waals surface area contributed by atoms with Crippen molar-refractivity contribution in [2.24, 2.45) is 5.92 Å². The summed E-state index contributed by atoms with van der Waals surface area (Å²) >= 11 is 0. The van der Waals surface area contributed by atoms with Gasteiger partial charge in [0.2, 0.25) is 0 Å². The van der Waals surface area contributed by atoms with E-state index >= 15 is 0 Å². The Kier molecular flexibility index (Phi) is 6.37. The minimum Gasteiger partial charge on any atom is -0.481 e. The summed E-state index contributed by atoms with van der Waals surface area (Å²) in [5.41, 5.74) is 1.68. The van der Waals surface area contributed by atoms with Crippen LogP contribution < -0.4 is 0 Å². The number of rotatable bonds is 7. The van der Waals surface area contributed by atoms with Gasteiger partial charge < -0.3 is 14.9 Å². The van der Waals surface area contributed by atoms with Gasteiger partial charge in [0, 0.05) is 25.2 Å². The Morgan fingerprint density at radius 2 is 1.71 bits per heavy atom. The Morgan fingerprint density at radius 1 is 1.14 bits per heavy atom. The van der Waals surface area contributed by atoms with E-state index in [4.69, 9.17) is 5.11 Å². The first-order chi connectivity index (χ1) is 9.81. The summed E-state index contributed by atoms with van der Waals surface area (Å²) < 4.78 is 0. The van der Waals surface area contributed by atoms with Crippen molar-refractivity contribution in [3.05, 3.63) is 35.4 Å². The molecule has 1 amide bonds. The highest BCUT2D eigenvalue weighted by molar-refractivity contribution is 5.94. The van der Waals surface area contributed by atoms with Gasteiger partial charge in [0.15, 0.2) is 0 Å². The topological polar surface area (TPSA) is 60.9 Å². The van der Waals surface area contributed by atoms with Gasteiger partial charge in [-0.1, -0.05) is 24.6 Å². The Morgan fingerprint density at radius 3 is 2.19 bits per heavy atom. The average molecular weight is 292 g/mol. The van der Waals surface area contributed by atoms with Crippen molar-refractivity contribution < 1.29 is 14.7 Å². The van der Waals surface area contributed by atoms with E-state index < -0.39 is 11.9 Å². The van der Waals surface area contributed by atoms with Crippen LogP contribution in [0, 0.1) is 12.8 Å². The number of aliphatic carboxylic acids is 1. The van der Waals surface area contributed by atoms with E-state index in [2.05, 4.69) is 0 Å². The van der Waals surface area contributed by atoms with E-state index in [0.717, 1.165) is 5.56 Å². The number of carbonyl (C=O) groups is 2. The summed E-state index contributed by atoms with van der Waals surface area (Å²) in [5, 5.41) is 9.05. The second-order valence-electron chi connectivity index (χ2n) is 5.66. The van der Waals surface area contributed by atoms with Crippen LogP contribution in [0.2, 0.25) is 0 Å². The van der Waals surface area contributed by atoms with Gasteiger partial charge in [0.1, 0.15) is 0 Å². The zero-order valence-corrected chi connectivity index (χ0v) is 13.2. The molecule has 0 saturated heterocycles. The van der Waals surface area contributed by atoms with Crippen LogP contribution in [0.15, 0.2) is 24.3 Å². The molecule has 0 saturated carbocycles. The number of hydrogen-bond donors (Lipinski definition) is 1. The predicted octanol–water partition coefficient (Wildman–Crippen LogP) is 1.72. The summed E-state index contributed by atoms with van der Waals surface area (Å²) in [4.78, 5) is 27.2. The van der Waals surface area contributed by atoms with Crippen LogP contribution in [0.4, 0.5) is 0 Å². The maximum atomic E-state index is 12.5. The first kappa shape index (κ1) is 17.2. The molecule has 0 bridgehead atoms. The van der Waals surface area contributed by atoms with Crippen LogP contribution in [0.3, 0.4) is 0 Å². The summed E-state index contributed by atoms with van der Waals surface area (Å²) in [6.45, 7) is 5.01. The molecule has 1 N–H and O–H groups in total. The third-order valence-electron chi connectivity index (χ3n) is 3.32. The molecule has 21 heavy (non-hydrogen) atoms. The second-order valence-corrected chi connectivity index (χ2v) is 5.66. The quantitative estimate of drug-likeness (QED) is 0.831. The highest BCUT2D eigenvalue weighted by Gasteiger charge is 2.21. The molecule has 1 rings (SSSR count). The molecule has 0 spiro atoms. The van der Waals surface area contributed by atoms with Gasteiger partial charge in [-0.3, -0.25) is 9.59 Å². The van der Waals surface area contributed by atoms with E-state index in [1.807, 2.05) is 38.1 Å². The first-order valence-corrected chi connectivity index (χ1v) is 7.04. The highest BCUT2D eigenvalue weighted by atomic mass is 16.4. The molecule has 0 heterocycles. The maximum absolute atomic E-state index is 12.5. The van der Waals surface area contributed by atoms with Crippen molar-refractivity contribution in [1.82, 2.24) is 9.80 Å². The molecule has 0 aliphatic heterocycles. The molecular weight excluding hydrogens is 268 g/mol. The summed E-state index contributed by atoms with van der Waals surface area (Å²) in [7, 11) is 3.85. The molecule has 0 aliphatic rings. The normalized spacial score (nSPS) is 12.2. The Hall–Kier alpha value is -1.88. The van der Waals surface area contributed by atoms with Gasteiger partial charge in [0.05, 0.1) is 5.92 Å². The predicted molar refractivity (Wildman–Crippen MR) is 82.4 cm³/mol. The van der Waals surface area contributed by atoms with Gasteiger partial charge in [-0.15, -0.1) is 0 Å². The lowest BCUT2D eigenvalue weighted by Crippen LogP contribution is -2.40. The third-order valence-corrected chi connectivity index (χ3v) is 3.32. The van der Waals surface area contributed by atoms with Gasteiger partial charge in [0.25, 0.3) is 5.91 Å². The monoisotopic (exact) mass is 292 g/mol. The first-order valence-electron chi connectivity index (χ1n) is 7.04. The second kappa shape index (κ2) is 7.78. The van der Waals surface area contributed by atoms with Crippen LogP contribution in [0.1, 0.15) is 22.8 Å². The fraction of sp³-hybridized carbons (Fsp3) is 0.500. The molecule has 1 aromatic carbocycles. The Labute approximate surface area is 126 Å². The molecule has 0 aromatic heterocycles. The largest absolute Gasteiger partial charge is 0.481 e. The van der Waals surface area contributed by atoms with Gasteiger partial charge >= 0.3 is 5.97 Å². The number of nitrogens with zero attached hydrogens (tertiary/aromatic N) is 2. The number of benzene rings is 1. The van der Waals surface area contributed by atoms with Crippen LogP contribution in [-0.2, 0) is 4.79 Å². The number of hydrogen-bond acceptors (Lipinski definition) is 3. The van der Waals surface area contributed by atoms with Crippen LogP contribution in [0.25, 0.3) is 0 Å². The lowest BCUT2D eigenvalue weighted by atomic mass is 10.1.